The van der Waals surface area contributed by atoms with Gasteiger partial charge >= 0.3 is 0 Å². The molecule has 2 rings (SSSR count). The molecule has 0 aliphatic carbocycles. The molecule has 1 aromatic heterocycles. The molecule has 0 unspecified atom stereocenters. The van der Waals surface area contributed by atoms with E-state index in [4.69, 9.17) is 9.68 Å². The number of furan rings is 1. The minimum absolute atomic E-state index is 0.552. The molecule has 0 atom stereocenters. The highest BCUT2D eigenvalue weighted by atomic mass is 32.2. The molecule has 0 aliphatic heterocycles. The number of nitriles is 1. The van der Waals surface area contributed by atoms with E-state index in [2.05, 4.69) is 10.3 Å². The molecule has 0 bridgehead atoms. The fourth-order valence-corrected chi connectivity index (χ4v) is 1.83. The van der Waals surface area contributed by atoms with E-state index < -0.39 is 0 Å². The Morgan fingerprint density at radius 3 is 2.83 bits per heavy atom. The lowest BCUT2D eigenvalue weighted by Crippen LogP contribution is -2.12. The number of rotatable bonds is 2. The van der Waals surface area contributed by atoms with Crippen LogP contribution in [-0.4, -0.2) is 11.4 Å². The van der Waals surface area contributed by atoms with E-state index in [9.17, 15) is 0 Å². The first-order valence-electron chi connectivity index (χ1n) is 5.26. The maximum Gasteiger partial charge on any atom is 0.183 e. The SMILES string of the molecule is CSC(=Nc1ccccc1-c1ccco1)NC#N. The van der Waals surface area contributed by atoms with Crippen LogP contribution in [0.2, 0.25) is 0 Å². The van der Waals surface area contributed by atoms with Crippen molar-refractivity contribution in [3.05, 3.63) is 42.7 Å². The van der Waals surface area contributed by atoms with E-state index in [1.54, 1.807) is 6.26 Å². The highest BCUT2D eigenvalue weighted by Gasteiger charge is 2.07. The molecule has 2 aromatic rings. The van der Waals surface area contributed by atoms with Crippen LogP contribution >= 0.6 is 11.8 Å². The summed E-state index contributed by atoms with van der Waals surface area (Å²) < 4.78 is 5.37. The first-order valence-corrected chi connectivity index (χ1v) is 6.48. The van der Waals surface area contributed by atoms with Crippen LogP contribution in [0.25, 0.3) is 11.3 Å². The fraction of sp³-hybridized carbons (Fsp3) is 0.0769. The molecule has 0 spiro atoms. The average Bonchev–Trinajstić information content (AvgIpc) is 2.92. The molecule has 1 aromatic carbocycles. The first kappa shape index (κ1) is 12.3. The van der Waals surface area contributed by atoms with Crippen LogP contribution in [0.5, 0.6) is 0 Å². The molecular weight excluding hydrogens is 246 g/mol. The molecule has 5 heteroatoms. The average molecular weight is 257 g/mol. The van der Waals surface area contributed by atoms with Crippen molar-refractivity contribution in [2.75, 3.05) is 6.26 Å². The van der Waals surface area contributed by atoms with Crippen molar-refractivity contribution >= 4 is 22.6 Å². The second-order valence-electron chi connectivity index (χ2n) is 3.35. The molecule has 0 radical (unpaired) electrons. The highest BCUT2D eigenvalue weighted by molar-refractivity contribution is 8.13. The van der Waals surface area contributed by atoms with E-state index in [1.807, 2.05) is 48.8 Å². The third-order valence-electron chi connectivity index (χ3n) is 2.27. The minimum Gasteiger partial charge on any atom is -0.464 e. The summed E-state index contributed by atoms with van der Waals surface area (Å²) in [5.74, 6) is 0.756. The Morgan fingerprint density at radius 1 is 1.33 bits per heavy atom. The Morgan fingerprint density at radius 2 is 2.17 bits per heavy atom. The van der Waals surface area contributed by atoms with Crippen LogP contribution in [0.4, 0.5) is 5.69 Å². The zero-order valence-corrected chi connectivity index (χ0v) is 10.6. The third kappa shape index (κ3) is 2.73. The Hall–Kier alpha value is -2.19. The molecule has 0 aliphatic rings. The summed E-state index contributed by atoms with van der Waals surface area (Å²) in [5, 5.41) is 11.7. The van der Waals surface area contributed by atoms with Gasteiger partial charge in [0.1, 0.15) is 5.76 Å². The number of nitrogens with zero attached hydrogens (tertiary/aromatic N) is 2. The van der Waals surface area contributed by atoms with Gasteiger partial charge in [0, 0.05) is 5.56 Å². The van der Waals surface area contributed by atoms with Crippen molar-refractivity contribution in [2.24, 2.45) is 4.99 Å². The fourth-order valence-electron chi connectivity index (χ4n) is 1.49. The molecular formula is C13H11N3OS. The standard InChI is InChI=1S/C13H11N3OS/c1-18-13(15-9-14)16-11-6-3-2-5-10(11)12-7-4-8-17-12/h2-8H,1H3,(H,15,16). The van der Waals surface area contributed by atoms with Crippen LogP contribution in [0.15, 0.2) is 52.1 Å². The Labute approximate surface area is 109 Å². The second-order valence-corrected chi connectivity index (χ2v) is 4.15. The maximum atomic E-state index is 8.63. The number of amidine groups is 1. The van der Waals surface area contributed by atoms with E-state index in [0.717, 1.165) is 17.0 Å². The van der Waals surface area contributed by atoms with Crippen molar-refractivity contribution in [1.29, 1.82) is 5.26 Å². The highest BCUT2D eigenvalue weighted by Crippen LogP contribution is 2.30. The lowest BCUT2D eigenvalue weighted by molar-refractivity contribution is 0.582. The second kappa shape index (κ2) is 5.94. The number of aliphatic imine (C=N–C) groups is 1. The Balaban J connectivity index is 2.43. The zero-order chi connectivity index (χ0) is 12.8. The predicted molar refractivity (Wildman–Crippen MR) is 73.5 cm³/mol. The molecule has 0 fully saturated rings. The topological polar surface area (TPSA) is 61.3 Å². The van der Waals surface area contributed by atoms with Crippen molar-refractivity contribution < 1.29 is 4.42 Å². The minimum atomic E-state index is 0.552. The number of hydrogen-bond donors (Lipinski definition) is 1. The summed E-state index contributed by atoms with van der Waals surface area (Å²) in [6.45, 7) is 0. The number of nitrogens with one attached hydrogen (secondary N) is 1. The molecule has 1 heterocycles. The molecule has 0 amide bonds. The van der Waals surface area contributed by atoms with Crippen LogP contribution in [0, 0.1) is 11.5 Å². The number of benzene rings is 1. The third-order valence-corrected chi connectivity index (χ3v) is 2.85. The van der Waals surface area contributed by atoms with Crippen LogP contribution in [0.1, 0.15) is 0 Å². The summed E-state index contributed by atoms with van der Waals surface area (Å²) in [6, 6.07) is 11.3. The maximum absolute atomic E-state index is 8.63. The van der Waals surface area contributed by atoms with Gasteiger partial charge in [-0.05, 0) is 30.5 Å². The molecule has 90 valence electrons. The van der Waals surface area contributed by atoms with Gasteiger partial charge in [-0.3, -0.25) is 5.32 Å². The quantitative estimate of drug-likeness (QED) is 0.388. The predicted octanol–water partition coefficient (Wildman–Crippen LogP) is 3.37. The van der Waals surface area contributed by atoms with Crippen LogP contribution in [-0.2, 0) is 0 Å². The van der Waals surface area contributed by atoms with E-state index in [1.165, 1.54) is 11.8 Å². The van der Waals surface area contributed by atoms with Gasteiger partial charge in [0.05, 0.1) is 12.0 Å². The van der Waals surface area contributed by atoms with Gasteiger partial charge < -0.3 is 4.42 Å². The summed E-state index contributed by atoms with van der Waals surface area (Å²) in [7, 11) is 0. The number of hydrogen-bond acceptors (Lipinski definition) is 4. The molecule has 18 heavy (non-hydrogen) atoms. The first-order chi connectivity index (χ1) is 8.85. The molecule has 0 saturated carbocycles. The Kier molecular flexibility index (Phi) is 4.05. The van der Waals surface area contributed by atoms with E-state index >= 15 is 0 Å². The normalized spacial score (nSPS) is 11.0. The van der Waals surface area contributed by atoms with Gasteiger partial charge in [0.2, 0.25) is 0 Å². The van der Waals surface area contributed by atoms with Gasteiger partial charge in [-0.1, -0.05) is 23.9 Å². The summed E-state index contributed by atoms with van der Waals surface area (Å²) in [4.78, 5) is 4.41. The summed E-state index contributed by atoms with van der Waals surface area (Å²) in [5.41, 5.74) is 1.66. The van der Waals surface area contributed by atoms with Crippen molar-refractivity contribution in [1.82, 2.24) is 5.32 Å². The van der Waals surface area contributed by atoms with Crippen molar-refractivity contribution in [3.8, 4) is 17.5 Å². The molecule has 0 saturated heterocycles. The van der Waals surface area contributed by atoms with E-state index in [0.29, 0.717) is 5.17 Å². The smallest absolute Gasteiger partial charge is 0.183 e. The lowest BCUT2D eigenvalue weighted by atomic mass is 10.1. The van der Waals surface area contributed by atoms with E-state index in [-0.39, 0.29) is 0 Å². The monoisotopic (exact) mass is 257 g/mol. The summed E-state index contributed by atoms with van der Waals surface area (Å²) in [6.07, 6.45) is 5.35. The Bertz CT molecular complexity index is 585. The van der Waals surface area contributed by atoms with Gasteiger partial charge in [-0.25, -0.2) is 4.99 Å². The van der Waals surface area contributed by atoms with Gasteiger partial charge in [0.15, 0.2) is 11.4 Å². The lowest BCUT2D eigenvalue weighted by Gasteiger charge is -2.04. The van der Waals surface area contributed by atoms with Gasteiger partial charge in [-0.2, -0.15) is 5.26 Å². The van der Waals surface area contributed by atoms with Gasteiger partial charge in [0.25, 0.3) is 0 Å². The molecule has 1 N–H and O–H groups in total. The summed E-state index contributed by atoms with van der Waals surface area (Å²) >= 11 is 1.38. The van der Waals surface area contributed by atoms with Gasteiger partial charge in [-0.15, -0.1) is 0 Å². The van der Waals surface area contributed by atoms with Crippen molar-refractivity contribution in [3.63, 3.8) is 0 Å². The largest absolute Gasteiger partial charge is 0.464 e. The zero-order valence-electron chi connectivity index (χ0n) is 9.75. The molecule has 4 nitrogen and oxygen atoms in total. The number of para-hydroxylation sites is 1. The number of thioether (sulfide) groups is 1. The van der Waals surface area contributed by atoms with Crippen LogP contribution in [0.3, 0.4) is 0 Å². The van der Waals surface area contributed by atoms with Crippen molar-refractivity contribution in [2.45, 2.75) is 0 Å². The van der Waals surface area contributed by atoms with Crippen LogP contribution < -0.4 is 5.32 Å².